The Morgan fingerprint density at radius 1 is 1.13 bits per heavy atom. The summed E-state index contributed by atoms with van der Waals surface area (Å²) in [6, 6.07) is 0.488. The van der Waals surface area contributed by atoms with Crippen LogP contribution in [-0.2, 0) is 0 Å². The second-order valence-corrected chi connectivity index (χ2v) is 5.05. The van der Waals surface area contributed by atoms with Gasteiger partial charge in [-0.25, -0.2) is 8.78 Å². The van der Waals surface area contributed by atoms with Gasteiger partial charge in [-0.05, 0) is 38.6 Å². The van der Waals surface area contributed by atoms with Crippen molar-refractivity contribution in [3.63, 3.8) is 0 Å². The highest BCUT2D eigenvalue weighted by molar-refractivity contribution is 5.05. The largest absolute Gasteiger partial charge is 0.314 e. The van der Waals surface area contributed by atoms with Crippen molar-refractivity contribution in [1.82, 2.24) is 5.32 Å². The molecule has 0 aromatic rings. The molecule has 0 saturated heterocycles. The zero-order valence-electron chi connectivity index (χ0n) is 9.44. The number of halogens is 2. The third kappa shape index (κ3) is 2.32. The molecule has 0 radical (unpaired) electrons. The Balaban J connectivity index is 1.80. The first-order chi connectivity index (χ1) is 7.16. The minimum Gasteiger partial charge on any atom is -0.314 e. The summed E-state index contributed by atoms with van der Waals surface area (Å²) in [5.74, 6) is -2.88. The fourth-order valence-corrected chi connectivity index (χ4v) is 2.91. The quantitative estimate of drug-likeness (QED) is 0.765. The van der Waals surface area contributed by atoms with Crippen LogP contribution in [0, 0.1) is 11.8 Å². The van der Waals surface area contributed by atoms with Gasteiger partial charge in [0.05, 0.1) is 0 Å². The van der Waals surface area contributed by atoms with Gasteiger partial charge in [-0.15, -0.1) is 0 Å². The van der Waals surface area contributed by atoms with Crippen LogP contribution < -0.4 is 5.32 Å². The van der Waals surface area contributed by atoms with E-state index in [4.69, 9.17) is 0 Å². The topological polar surface area (TPSA) is 12.0 Å². The third-order valence-corrected chi connectivity index (χ3v) is 3.94. The number of fused-ring (bicyclic) bond motifs is 1. The third-order valence-electron chi connectivity index (χ3n) is 3.94. The van der Waals surface area contributed by atoms with Gasteiger partial charge in [0, 0.05) is 17.9 Å². The lowest BCUT2D eigenvalue weighted by atomic mass is 9.97. The molecule has 2 saturated carbocycles. The van der Waals surface area contributed by atoms with Crippen LogP contribution in [0.1, 0.15) is 45.4 Å². The minimum atomic E-state index is -2.32. The van der Waals surface area contributed by atoms with Crippen molar-refractivity contribution in [1.29, 1.82) is 0 Å². The SMILES string of the molecule is CCCNC1CCCC2C(CC1)C2(F)F. The zero-order valence-corrected chi connectivity index (χ0v) is 9.44. The molecule has 0 heterocycles. The highest BCUT2D eigenvalue weighted by Gasteiger charge is 2.66. The fraction of sp³-hybridized carbons (Fsp3) is 1.00. The van der Waals surface area contributed by atoms with E-state index in [2.05, 4.69) is 12.2 Å². The lowest BCUT2D eigenvalue weighted by Gasteiger charge is -2.19. The number of hydrogen-bond donors (Lipinski definition) is 1. The summed E-state index contributed by atoms with van der Waals surface area (Å²) in [5, 5.41) is 3.46. The fourth-order valence-electron chi connectivity index (χ4n) is 2.91. The molecule has 3 heteroatoms. The van der Waals surface area contributed by atoms with E-state index in [9.17, 15) is 8.78 Å². The molecule has 1 nitrogen and oxygen atoms in total. The normalized spacial score (nSPS) is 39.0. The molecular weight excluding hydrogens is 196 g/mol. The van der Waals surface area contributed by atoms with Crippen LogP contribution in [0.4, 0.5) is 8.78 Å². The molecule has 0 aromatic carbocycles. The summed E-state index contributed by atoms with van der Waals surface area (Å²) in [7, 11) is 0. The highest BCUT2D eigenvalue weighted by Crippen LogP contribution is 2.60. The molecule has 0 aromatic heterocycles. The highest BCUT2D eigenvalue weighted by atomic mass is 19.3. The van der Waals surface area contributed by atoms with E-state index < -0.39 is 5.92 Å². The van der Waals surface area contributed by atoms with Gasteiger partial charge in [0.2, 0.25) is 0 Å². The molecule has 2 aliphatic carbocycles. The number of alkyl halides is 2. The van der Waals surface area contributed by atoms with Crippen molar-refractivity contribution in [3.05, 3.63) is 0 Å². The number of rotatable bonds is 3. The minimum absolute atomic E-state index is 0.273. The average Bonchev–Trinajstić information content (AvgIpc) is 2.64. The van der Waals surface area contributed by atoms with Crippen molar-refractivity contribution in [2.45, 2.75) is 57.4 Å². The predicted molar refractivity (Wildman–Crippen MR) is 57.1 cm³/mol. The van der Waals surface area contributed by atoms with Crippen LogP contribution in [0.5, 0.6) is 0 Å². The van der Waals surface area contributed by atoms with Gasteiger partial charge in [0.25, 0.3) is 5.92 Å². The van der Waals surface area contributed by atoms with Crippen molar-refractivity contribution >= 4 is 0 Å². The van der Waals surface area contributed by atoms with E-state index in [-0.39, 0.29) is 11.8 Å². The second-order valence-electron chi connectivity index (χ2n) is 5.05. The lowest BCUT2D eigenvalue weighted by molar-refractivity contribution is 0.0817. The van der Waals surface area contributed by atoms with Gasteiger partial charge < -0.3 is 5.32 Å². The molecular formula is C12H21F2N. The van der Waals surface area contributed by atoms with Crippen LogP contribution in [0.3, 0.4) is 0 Å². The summed E-state index contributed by atoms with van der Waals surface area (Å²) in [4.78, 5) is 0. The Hall–Kier alpha value is -0.180. The van der Waals surface area contributed by atoms with E-state index >= 15 is 0 Å². The Morgan fingerprint density at radius 3 is 2.60 bits per heavy atom. The smallest absolute Gasteiger partial charge is 0.254 e. The van der Waals surface area contributed by atoms with E-state index in [1.165, 1.54) is 0 Å². The maximum Gasteiger partial charge on any atom is 0.254 e. The number of nitrogens with one attached hydrogen (secondary N) is 1. The molecule has 3 unspecified atom stereocenters. The number of hydrogen-bond acceptors (Lipinski definition) is 1. The molecule has 0 aliphatic heterocycles. The van der Waals surface area contributed by atoms with E-state index in [0.29, 0.717) is 6.04 Å². The van der Waals surface area contributed by atoms with Crippen molar-refractivity contribution in [2.24, 2.45) is 11.8 Å². The predicted octanol–water partition coefficient (Wildman–Crippen LogP) is 3.20. The molecule has 15 heavy (non-hydrogen) atoms. The molecule has 88 valence electrons. The van der Waals surface area contributed by atoms with Crippen molar-refractivity contribution < 1.29 is 8.78 Å². The summed E-state index contributed by atoms with van der Waals surface area (Å²) >= 11 is 0. The monoisotopic (exact) mass is 217 g/mol. The molecule has 2 fully saturated rings. The first kappa shape index (κ1) is 11.3. The Morgan fingerprint density at radius 2 is 1.87 bits per heavy atom. The molecule has 0 spiro atoms. The second kappa shape index (κ2) is 4.36. The zero-order chi connectivity index (χ0) is 10.9. The van der Waals surface area contributed by atoms with E-state index in [1.807, 2.05) is 0 Å². The first-order valence-electron chi connectivity index (χ1n) is 6.27. The van der Waals surface area contributed by atoms with Gasteiger partial charge >= 0.3 is 0 Å². The first-order valence-corrected chi connectivity index (χ1v) is 6.27. The van der Waals surface area contributed by atoms with Gasteiger partial charge in [-0.3, -0.25) is 0 Å². The van der Waals surface area contributed by atoms with E-state index in [1.54, 1.807) is 0 Å². The lowest BCUT2D eigenvalue weighted by Crippen LogP contribution is -2.30. The van der Waals surface area contributed by atoms with Crippen LogP contribution in [0.2, 0.25) is 0 Å². The average molecular weight is 217 g/mol. The Labute approximate surface area is 90.6 Å². The van der Waals surface area contributed by atoms with Gasteiger partial charge in [-0.2, -0.15) is 0 Å². The molecule has 3 atom stereocenters. The molecule has 2 rings (SSSR count). The molecule has 2 aliphatic rings. The maximum atomic E-state index is 13.2. The van der Waals surface area contributed by atoms with Gasteiger partial charge in [-0.1, -0.05) is 13.3 Å². The summed E-state index contributed by atoms with van der Waals surface area (Å²) in [6.45, 7) is 3.16. The van der Waals surface area contributed by atoms with Crippen molar-refractivity contribution in [2.75, 3.05) is 6.54 Å². The summed E-state index contributed by atoms with van der Waals surface area (Å²) in [6.07, 6.45) is 5.58. The molecule has 0 bridgehead atoms. The van der Waals surface area contributed by atoms with Gasteiger partial charge in [0.1, 0.15) is 0 Å². The Kier molecular flexibility index (Phi) is 3.29. The standard InChI is InChI=1S/C12H21F2N/c1-2-8-15-9-4-3-5-10-11(7-6-9)12(10,13)14/h9-11,15H,2-8H2,1H3. The molecule has 1 N–H and O–H groups in total. The van der Waals surface area contributed by atoms with Crippen LogP contribution >= 0.6 is 0 Å². The van der Waals surface area contributed by atoms with Crippen LogP contribution in [0.15, 0.2) is 0 Å². The van der Waals surface area contributed by atoms with E-state index in [0.717, 1.165) is 45.1 Å². The van der Waals surface area contributed by atoms with Crippen LogP contribution in [0.25, 0.3) is 0 Å². The summed E-state index contributed by atoms with van der Waals surface area (Å²) < 4.78 is 26.4. The van der Waals surface area contributed by atoms with Crippen LogP contribution in [-0.4, -0.2) is 18.5 Å². The van der Waals surface area contributed by atoms with Crippen molar-refractivity contribution in [3.8, 4) is 0 Å². The maximum absolute atomic E-state index is 13.2. The Bertz CT molecular complexity index is 218. The molecule has 0 amide bonds. The summed E-state index contributed by atoms with van der Waals surface area (Å²) in [5.41, 5.74) is 0. The van der Waals surface area contributed by atoms with Gasteiger partial charge in [0.15, 0.2) is 0 Å².